The van der Waals surface area contributed by atoms with Crippen LogP contribution in [0.25, 0.3) is 100 Å². The molecule has 0 spiro atoms. The lowest BCUT2D eigenvalue weighted by molar-refractivity contribution is 0.477. The van der Waals surface area contributed by atoms with Crippen LogP contribution in [-0.4, -0.2) is 24.2 Å². The Morgan fingerprint density at radius 3 is 1.85 bits per heavy atom. The predicted molar refractivity (Wildman–Crippen MR) is 242 cm³/mol. The maximum absolute atomic E-state index is 11.4. The number of rotatable bonds is 7. The SMILES string of the molecule is Oc1ccccc1-c1nc2c(-c3cc(-c4cc(-c5ccccc5)ccn4)cc4c5ccccc5n(-c5ccccc5)c34)cccc2n1-c1ccccc1-c1ccccc1. The van der Waals surface area contributed by atoms with Gasteiger partial charge >= 0.3 is 0 Å². The number of para-hydroxylation sites is 5. The third-order valence-corrected chi connectivity index (χ3v) is 11.3. The molecule has 0 atom stereocenters. The van der Waals surface area contributed by atoms with Crippen LogP contribution in [0, 0.1) is 0 Å². The Balaban J connectivity index is 1.26. The zero-order valence-corrected chi connectivity index (χ0v) is 31.9. The molecule has 5 nitrogen and oxygen atoms in total. The van der Waals surface area contributed by atoms with Gasteiger partial charge in [-0.2, -0.15) is 0 Å². The van der Waals surface area contributed by atoms with Crippen LogP contribution < -0.4 is 0 Å². The molecule has 5 heteroatoms. The van der Waals surface area contributed by atoms with Crippen LogP contribution in [0.4, 0.5) is 0 Å². The Hall–Kier alpha value is -8.02. The molecule has 0 aliphatic carbocycles. The Morgan fingerprint density at radius 1 is 0.407 bits per heavy atom. The number of hydrogen-bond acceptors (Lipinski definition) is 3. The van der Waals surface area contributed by atoms with Gasteiger partial charge in [-0.15, -0.1) is 0 Å². The highest BCUT2D eigenvalue weighted by atomic mass is 16.3. The van der Waals surface area contributed by atoms with E-state index in [0.717, 1.165) is 88.9 Å². The monoisotopic (exact) mass is 756 g/mol. The van der Waals surface area contributed by atoms with Crippen molar-refractivity contribution in [2.24, 2.45) is 0 Å². The van der Waals surface area contributed by atoms with Gasteiger partial charge in [0, 0.05) is 44.9 Å². The van der Waals surface area contributed by atoms with Gasteiger partial charge in [-0.05, 0) is 83.4 Å². The van der Waals surface area contributed by atoms with E-state index in [4.69, 9.17) is 9.97 Å². The third kappa shape index (κ3) is 5.79. The number of aromatic hydroxyl groups is 1. The smallest absolute Gasteiger partial charge is 0.149 e. The second-order valence-electron chi connectivity index (χ2n) is 14.7. The number of fused-ring (bicyclic) bond motifs is 4. The molecular formula is C54H36N4O. The molecule has 0 radical (unpaired) electrons. The van der Waals surface area contributed by atoms with Gasteiger partial charge in [0.1, 0.15) is 11.6 Å². The van der Waals surface area contributed by atoms with E-state index in [1.54, 1.807) is 6.07 Å². The first-order valence-corrected chi connectivity index (χ1v) is 19.8. The van der Waals surface area contributed by atoms with Gasteiger partial charge in [0.15, 0.2) is 0 Å². The van der Waals surface area contributed by atoms with Gasteiger partial charge in [0.05, 0.1) is 39.0 Å². The van der Waals surface area contributed by atoms with E-state index in [1.165, 1.54) is 0 Å². The van der Waals surface area contributed by atoms with E-state index < -0.39 is 0 Å². The quantitative estimate of drug-likeness (QED) is 0.176. The minimum atomic E-state index is 0.167. The number of benzene rings is 8. The second kappa shape index (κ2) is 14.2. The fourth-order valence-electron chi connectivity index (χ4n) is 8.63. The fraction of sp³-hybridized carbons (Fsp3) is 0. The van der Waals surface area contributed by atoms with Gasteiger partial charge in [0.25, 0.3) is 0 Å². The average molecular weight is 757 g/mol. The molecule has 0 fully saturated rings. The first kappa shape index (κ1) is 34.2. The van der Waals surface area contributed by atoms with Crippen molar-refractivity contribution in [3.63, 3.8) is 0 Å². The van der Waals surface area contributed by atoms with Crippen molar-refractivity contribution in [1.29, 1.82) is 0 Å². The van der Waals surface area contributed by atoms with E-state index in [-0.39, 0.29) is 5.75 Å². The van der Waals surface area contributed by atoms with Crippen molar-refractivity contribution in [3.05, 3.63) is 212 Å². The highest BCUT2D eigenvalue weighted by Gasteiger charge is 2.25. The first-order valence-electron chi connectivity index (χ1n) is 19.8. The molecule has 0 amide bonds. The number of phenolic OH excluding ortho intramolecular Hbond substituents is 1. The van der Waals surface area contributed by atoms with Crippen LogP contribution in [0.15, 0.2) is 212 Å². The molecule has 1 N–H and O–H groups in total. The summed E-state index contributed by atoms with van der Waals surface area (Å²) in [6.07, 6.45) is 1.90. The average Bonchev–Trinajstić information content (AvgIpc) is 3.86. The van der Waals surface area contributed by atoms with Crippen molar-refractivity contribution < 1.29 is 5.11 Å². The van der Waals surface area contributed by atoms with Crippen molar-refractivity contribution in [2.75, 3.05) is 0 Å². The Kier molecular flexibility index (Phi) is 8.23. The van der Waals surface area contributed by atoms with Gasteiger partial charge in [-0.25, -0.2) is 4.98 Å². The lowest BCUT2D eigenvalue weighted by Gasteiger charge is -2.16. The molecule has 0 saturated heterocycles. The van der Waals surface area contributed by atoms with E-state index in [1.807, 2.05) is 36.5 Å². The van der Waals surface area contributed by atoms with Crippen molar-refractivity contribution in [3.8, 4) is 73.2 Å². The Morgan fingerprint density at radius 2 is 1.05 bits per heavy atom. The van der Waals surface area contributed by atoms with Crippen LogP contribution in [0.1, 0.15) is 0 Å². The van der Waals surface area contributed by atoms with E-state index in [2.05, 4.69) is 179 Å². The minimum absolute atomic E-state index is 0.167. The highest BCUT2D eigenvalue weighted by Crippen LogP contribution is 2.45. The summed E-state index contributed by atoms with van der Waals surface area (Å²) < 4.78 is 4.58. The molecule has 8 aromatic carbocycles. The van der Waals surface area contributed by atoms with E-state index in [0.29, 0.717) is 11.4 Å². The molecule has 11 aromatic rings. The summed E-state index contributed by atoms with van der Waals surface area (Å²) in [6.45, 7) is 0. The molecule has 59 heavy (non-hydrogen) atoms. The number of aromatic nitrogens is 4. The summed E-state index contributed by atoms with van der Waals surface area (Å²) in [5.41, 5.74) is 14.9. The van der Waals surface area contributed by atoms with Gasteiger partial charge in [-0.1, -0.05) is 140 Å². The van der Waals surface area contributed by atoms with Crippen LogP contribution in [0.2, 0.25) is 0 Å². The maximum Gasteiger partial charge on any atom is 0.149 e. The summed E-state index contributed by atoms with van der Waals surface area (Å²) in [5, 5.41) is 13.7. The van der Waals surface area contributed by atoms with Crippen molar-refractivity contribution in [2.45, 2.75) is 0 Å². The van der Waals surface area contributed by atoms with Crippen LogP contribution in [-0.2, 0) is 0 Å². The molecule has 0 aliphatic heterocycles. The van der Waals surface area contributed by atoms with Crippen LogP contribution in [0.3, 0.4) is 0 Å². The second-order valence-corrected chi connectivity index (χ2v) is 14.7. The molecule has 3 heterocycles. The molecule has 0 aliphatic rings. The number of imidazole rings is 1. The van der Waals surface area contributed by atoms with Gasteiger partial charge in [-0.3, -0.25) is 9.55 Å². The highest BCUT2D eigenvalue weighted by molar-refractivity contribution is 6.17. The summed E-state index contributed by atoms with van der Waals surface area (Å²) >= 11 is 0. The molecule has 0 bridgehead atoms. The summed E-state index contributed by atoms with van der Waals surface area (Å²) in [4.78, 5) is 10.5. The van der Waals surface area contributed by atoms with E-state index in [9.17, 15) is 5.11 Å². The molecule has 0 unspecified atom stereocenters. The van der Waals surface area contributed by atoms with Gasteiger partial charge in [0.2, 0.25) is 0 Å². The molecule has 3 aromatic heterocycles. The summed E-state index contributed by atoms with van der Waals surface area (Å²) in [7, 11) is 0. The third-order valence-electron chi connectivity index (χ3n) is 11.3. The van der Waals surface area contributed by atoms with Gasteiger partial charge < -0.3 is 9.67 Å². The van der Waals surface area contributed by atoms with Crippen LogP contribution in [0.5, 0.6) is 5.75 Å². The summed E-state index contributed by atoms with van der Waals surface area (Å²) in [5.74, 6) is 0.822. The predicted octanol–water partition coefficient (Wildman–Crippen LogP) is 13.6. The molecule has 278 valence electrons. The number of nitrogens with zero attached hydrogens (tertiary/aromatic N) is 4. The first-order chi connectivity index (χ1) is 29.2. The number of pyridine rings is 1. The molecule has 11 rings (SSSR count). The maximum atomic E-state index is 11.4. The topological polar surface area (TPSA) is 55.9 Å². The zero-order chi connectivity index (χ0) is 39.3. The number of hydrogen-bond donors (Lipinski definition) is 1. The van der Waals surface area contributed by atoms with Crippen molar-refractivity contribution >= 4 is 32.8 Å². The number of phenols is 1. The molecule has 0 saturated carbocycles. The summed E-state index contributed by atoms with van der Waals surface area (Å²) in [6, 6.07) is 71.2. The lowest BCUT2D eigenvalue weighted by Crippen LogP contribution is -2.00. The molecular weight excluding hydrogens is 721 g/mol. The normalized spacial score (nSPS) is 11.5. The minimum Gasteiger partial charge on any atom is -0.507 e. The Bertz CT molecular complexity index is 3330. The van der Waals surface area contributed by atoms with Crippen LogP contribution >= 0.6 is 0 Å². The zero-order valence-electron chi connectivity index (χ0n) is 31.9. The largest absolute Gasteiger partial charge is 0.507 e. The lowest BCUT2D eigenvalue weighted by atomic mass is 9.95. The van der Waals surface area contributed by atoms with E-state index >= 15 is 0 Å². The Labute approximate surface area is 341 Å². The standard InChI is InChI=1S/C54H36N4O/c59-51-30-15-12-25-44(51)54-56-52-43(26-16-29-50(52)58(54)48-27-13-10-23-41(48)37-19-6-2-7-20-37)46-34-39(47-35-38(31-32-55-47)36-17-4-1-5-18-36)33-45-42-24-11-14-28-49(42)57(53(45)46)40-21-8-3-9-22-40/h1-35,59H. The van der Waals surface area contributed by atoms with Crippen molar-refractivity contribution in [1.82, 2.24) is 19.1 Å². The fourth-order valence-corrected chi connectivity index (χ4v) is 8.63.